The van der Waals surface area contributed by atoms with E-state index in [0.29, 0.717) is 0 Å². The lowest BCUT2D eigenvalue weighted by Crippen LogP contribution is -2.45. The molecule has 0 fully saturated rings. The second-order valence-electron chi connectivity index (χ2n) is 3.35. The number of carbonyl (C=O) groups is 1. The molecule has 0 bridgehead atoms. The molecule has 19 heavy (non-hydrogen) atoms. The van der Waals surface area contributed by atoms with Crippen molar-refractivity contribution in [2.45, 2.75) is 12.4 Å². The molecule has 1 rings (SSSR count). The number of nitrogens with one attached hydrogen (secondary N) is 1. The van der Waals surface area contributed by atoms with Gasteiger partial charge in [0.15, 0.2) is 0 Å². The molecule has 0 unspecified atom stereocenters. The van der Waals surface area contributed by atoms with Crippen LogP contribution in [0.2, 0.25) is 5.15 Å². The van der Waals surface area contributed by atoms with Crippen LogP contribution in [0.15, 0.2) is 18.2 Å². The third-order valence-corrected chi connectivity index (χ3v) is 2.09. The van der Waals surface area contributed by atoms with Crippen LogP contribution in [0.25, 0.3) is 0 Å². The first-order chi connectivity index (χ1) is 8.51. The zero-order valence-corrected chi connectivity index (χ0v) is 9.57. The molecule has 10 heteroatoms. The SMILES string of the molecule is O=C(Nc1cccc(Cl)n1)C(C(F)(F)F)C(F)(F)F. The molecule has 1 amide bonds. The van der Waals surface area contributed by atoms with Crippen LogP contribution < -0.4 is 5.32 Å². The zero-order chi connectivity index (χ0) is 14.8. The van der Waals surface area contributed by atoms with Crippen LogP contribution in [0.4, 0.5) is 32.2 Å². The molecule has 1 aromatic heterocycles. The summed E-state index contributed by atoms with van der Waals surface area (Å²) in [5.41, 5.74) is 0. The molecular weight excluding hydrogens is 302 g/mol. The molecule has 0 aromatic carbocycles. The highest BCUT2D eigenvalue weighted by atomic mass is 35.5. The van der Waals surface area contributed by atoms with Gasteiger partial charge in [-0.05, 0) is 12.1 Å². The molecule has 3 nitrogen and oxygen atoms in total. The Kier molecular flexibility index (Phi) is 4.28. The van der Waals surface area contributed by atoms with E-state index in [1.54, 1.807) is 0 Å². The molecule has 0 atom stereocenters. The van der Waals surface area contributed by atoms with Crippen molar-refractivity contribution in [2.24, 2.45) is 5.92 Å². The van der Waals surface area contributed by atoms with Crippen LogP contribution in [0, 0.1) is 5.92 Å². The molecule has 1 heterocycles. The minimum absolute atomic E-state index is 0.187. The second-order valence-corrected chi connectivity index (χ2v) is 3.74. The maximum absolute atomic E-state index is 12.2. The van der Waals surface area contributed by atoms with E-state index in [9.17, 15) is 31.1 Å². The van der Waals surface area contributed by atoms with Gasteiger partial charge < -0.3 is 5.32 Å². The Morgan fingerprint density at radius 2 is 1.68 bits per heavy atom. The van der Waals surface area contributed by atoms with E-state index in [1.165, 1.54) is 17.4 Å². The summed E-state index contributed by atoms with van der Waals surface area (Å²) in [6.07, 6.45) is -11.5. The Morgan fingerprint density at radius 1 is 1.16 bits per heavy atom. The first-order valence-corrected chi connectivity index (χ1v) is 4.96. The third-order valence-electron chi connectivity index (χ3n) is 1.88. The molecular formula is C9H5ClF6N2O. The van der Waals surface area contributed by atoms with Gasteiger partial charge in [0.1, 0.15) is 11.0 Å². The number of aromatic nitrogens is 1. The Bertz CT molecular complexity index is 459. The van der Waals surface area contributed by atoms with Gasteiger partial charge in [0, 0.05) is 0 Å². The summed E-state index contributed by atoms with van der Waals surface area (Å²) in [4.78, 5) is 14.4. The predicted octanol–water partition coefficient (Wildman–Crippen LogP) is 3.41. The largest absolute Gasteiger partial charge is 0.409 e. The summed E-state index contributed by atoms with van der Waals surface area (Å²) in [6, 6.07) is 3.46. The van der Waals surface area contributed by atoms with Crippen molar-refractivity contribution in [3.05, 3.63) is 23.4 Å². The molecule has 0 aliphatic rings. The summed E-state index contributed by atoms with van der Waals surface area (Å²) in [7, 11) is 0. The van der Waals surface area contributed by atoms with E-state index in [1.807, 2.05) is 0 Å². The van der Waals surface area contributed by atoms with Crippen LogP contribution in [0.5, 0.6) is 0 Å². The van der Waals surface area contributed by atoms with E-state index < -0.39 is 30.0 Å². The fourth-order valence-corrected chi connectivity index (χ4v) is 1.32. The molecule has 0 aliphatic carbocycles. The van der Waals surface area contributed by atoms with E-state index in [0.717, 1.165) is 6.07 Å². The summed E-state index contributed by atoms with van der Waals surface area (Å²) >= 11 is 5.38. The van der Waals surface area contributed by atoms with Crippen molar-refractivity contribution in [1.29, 1.82) is 0 Å². The molecule has 0 saturated heterocycles. The van der Waals surface area contributed by atoms with Gasteiger partial charge in [0.05, 0.1) is 0 Å². The summed E-state index contributed by atoms with van der Waals surface area (Å²) in [5, 5.41) is 1.23. The van der Waals surface area contributed by atoms with Crippen LogP contribution >= 0.6 is 11.6 Å². The highest BCUT2D eigenvalue weighted by Gasteiger charge is 2.61. The van der Waals surface area contributed by atoms with Crippen molar-refractivity contribution in [3.8, 4) is 0 Å². The molecule has 0 spiro atoms. The van der Waals surface area contributed by atoms with Gasteiger partial charge in [-0.1, -0.05) is 17.7 Å². The quantitative estimate of drug-likeness (QED) is 0.672. The number of hydrogen-bond donors (Lipinski definition) is 1. The van der Waals surface area contributed by atoms with Gasteiger partial charge in [0.25, 0.3) is 0 Å². The van der Waals surface area contributed by atoms with Crippen molar-refractivity contribution in [3.63, 3.8) is 0 Å². The summed E-state index contributed by atoms with van der Waals surface area (Å²) in [5.74, 6) is -6.90. The van der Waals surface area contributed by atoms with Gasteiger partial charge in [0.2, 0.25) is 11.8 Å². The lowest BCUT2D eigenvalue weighted by molar-refractivity contribution is -0.272. The number of carbonyl (C=O) groups excluding carboxylic acids is 1. The molecule has 0 radical (unpaired) electrons. The van der Waals surface area contributed by atoms with Crippen molar-refractivity contribution in [2.75, 3.05) is 5.32 Å². The van der Waals surface area contributed by atoms with E-state index in [4.69, 9.17) is 11.6 Å². The lowest BCUT2D eigenvalue weighted by atomic mass is 10.1. The number of alkyl halides is 6. The molecule has 1 aromatic rings. The highest BCUT2D eigenvalue weighted by Crippen LogP contribution is 2.39. The summed E-state index contributed by atoms with van der Waals surface area (Å²) < 4.78 is 73.3. The minimum atomic E-state index is -5.75. The van der Waals surface area contributed by atoms with Crippen molar-refractivity contribution < 1.29 is 31.1 Å². The van der Waals surface area contributed by atoms with Crippen LogP contribution in [0.3, 0.4) is 0 Å². The third kappa shape index (κ3) is 4.27. The number of hydrogen-bond acceptors (Lipinski definition) is 2. The Morgan fingerprint density at radius 3 is 2.11 bits per heavy atom. The van der Waals surface area contributed by atoms with Gasteiger partial charge >= 0.3 is 12.4 Å². The van der Waals surface area contributed by atoms with Crippen LogP contribution in [0.1, 0.15) is 0 Å². The number of amides is 1. The van der Waals surface area contributed by atoms with Crippen molar-refractivity contribution >= 4 is 23.3 Å². The van der Waals surface area contributed by atoms with Gasteiger partial charge in [-0.25, -0.2) is 4.98 Å². The molecule has 106 valence electrons. The maximum Gasteiger partial charge on any atom is 0.409 e. The Labute approximate surface area is 107 Å². The zero-order valence-electron chi connectivity index (χ0n) is 8.81. The Balaban J connectivity index is 2.97. The first-order valence-electron chi connectivity index (χ1n) is 4.58. The number of rotatable bonds is 2. The number of pyridine rings is 1. The van der Waals surface area contributed by atoms with Gasteiger partial charge in [-0.2, -0.15) is 26.3 Å². The topological polar surface area (TPSA) is 42.0 Å². The fraction of sp³-hybridized carbons (Fsp3) is 0.333. The Hall–Kier alpha value is -1.51. The smallest absolute Gasteiger partial charge is 0.310 e. The second kappa shape index (κ2) is 5.24. The number of nitrogens with zero attached hydrogens (tertiary/aromatic N) is 1. The van der Waals surface area contributed by atoms with Gasteiger partial charge in [-0.15, -0.1) is 0 Å². The number of halogens is 7. The predicted molar refractivity (Wildman–Crippen MR) is 53.5 cm³/mol. The molecule has 1 N–H and O–H groups in total. The monoisotopic (exact) mass is 306 g/mol. The number of anilines is 1. The lowest BCUT2D eigenvalue weighted by Gasteiger charge is -2.21. The standard InChI is InChI=1S/C9H5ClF6N2O/c10-4-2-1-3-5(17-4)18-7(19)6(8(11,12)13)9(14,15)16/h1-3,6H,(H,17,18,19). The molecule has 0 saturated carbocycles. The minimum Gasteiger partial charge on any atom is -0.310 e. The highest BCUT2D eigenvalue weighted by molar-refractivity contribution is 6.29. The maximum atomic E-state index is 12.2. The van der Waals surface area contributed by atoms with E-state index in [2.05, 4.69) is 4.98 Å². The summed E-state index contributed by atoms with van der Waals surface area (Å²) in [6.45, 7) is 0. The van der Waals surface area contributed by atoms with E-state index in [-0.39, 0.29) is 5.15 Å². The fourth-order valence-electron chi connectivity index (χ4n) is 1.16. The van der Waals surface area contributed by atoms with Crippen LogP contribution in [-0.4, -0.2) is 23.2 Å². The van der Waals surface area contributed by atoms with Gasteiger partial charge in [-0.3, -0.25) is 4.79 Å². The van der Waals surface area contributed by atoms with E-state index >= 15 is 0 Å². The normalized spacial score (nSPS) is 12.6. The average molecular weight is 307 g/mol. The van der Waals surface area contributed by atoms with Crippen molar-refractivity contribution in [1.82, 2.24) is 4.98 Å². The first kappa shape index (κ1) is 15.5. The molecule has 0 aliphatic heterocycles. The average Bonchev–Trinajstić information content (AvgIpc) is 2.11. The van der Waals surface area contributed by atoms with Crippen LogP contribution in [-0.2, 0) is 4.79 Å².